The van der Waals surface area contributed by atoms with Crippen molar-refractivity contribution in [1.82, 2.24) is 15.5 Å². The Bertz CT molecular complexity index is 526. The van der Waals surface area contributed by atoms with Crippen LogP contribution in [0.4, 0.5) is 0 Å². The molecular formula is C13H15N3O3. The number of nitrogens with zero attached hydrogens (tertiary/aromatic N) is 2. The predicted octanol–water partition coefficient (Wildman–Crippen LogP) is 1.64. The van der Waals surface area contributed by atoms with E-state index in [-0.39, 0.29) is 12.5 Å². The van der Waals surface area contributed by atoms with Gasteiger partial charge in [0.15, 0.2) is 6.61 Å². The molecule has 2 rings (SSSR count). The number of amides is 1. The molecule has 1 aromatic heterocycles. The Morgan fingerprint density at radius 2 is 2.26 bits per heavy atom. The lowest BCUT2D eigenvalue weighted by molar-refractivity contribution is -0.123. The third-order valence-corrected chi connectivity index (χ3v) is 2.41. The Balaban J connectivity index is 2.03. The Morgan fingerprint density at radius 3 is 3.00 bits per heavy atom. The Hall–Kier alpha value is -2.37. The highest BCUT2D eigenvalue weighted by molar-refractivity contribution is 5.77. The highest BCUT2D eigenvalue weighted by Crippen LogP contribution is 2.27. The van der Waals surface area contributed by atoms with Gasteiger partial charge in [-0.15, -0.1) is 10.2 Å². The fourth-order valence-corrected chi connectivity index (χ4v) is 1.52. The summed E-state index contributed by atoms with van der Waals surface area (Å²) < 4.78 is 10.6. The molecule has 0 aliphatic carbocycles. The van der Waals surface area contributed by atoms with Gasteiger partial charge in [-0.3, -0.25) is 4.79 Å². The van der Waals surface area contributed by atoms with E-state index >= 15 is 0 Å². The second-order valence-electron chi connectivity index (χ2n) is 3.88. The predicted molar refractivity (Wildman–Crippen MR) is 68.5 cm³/mol. The lowest BCUT2D eigenvalue weighted by Crippen LogP contribution is -2.29. The summed E-state index contributed by atoms with van der Waals surface area (Å²) in [7, 11) is 0. The molecule has 0 bridgehead atoms. The zero-order valence-corrected chi connectivity index (χ0v) is 10.6. The van der Waals surface area contributed by atoms with Gasteiger partial charge in [0.2, 0.25) is 6.39 Å². The van der Waals surface area contributed by atoms with Crippen LogP contribution < -0.4 is 10.1 Å². The molecule has 0 saturated heterocycles. The smallest absolute Gasteiger partial charge is 0.257 e. The number of nitrogens with one attached hydrogen (secondary N) is 1. The Morgan fingerprint density at radius 1 is 1.42 bits per heavy atom. The molecule has 0 fully saturated rings. The monoisotopic (exact) mass is 261 g/mol. The van der Waals surface area contributed by atoms with Crippen molar-refractivity contribution in [3.63, 3.8) is 0 Å². The minimum Gasteiger partial charge on any atom is -0.483 e. The first-order valence-corrected chi connectivity index (χ1v) is 6.06. The first-order chi connectivity index (χ1) is 9.31. The first kappa shape index (κ1) is 13.1. The average Bonchev–Trinajstić information content (AvgIpc) is 2.97. The molecule has 19 heavy (non-hydrogen) atoms. The first-order valence-electron chi connectivity index (χ1n) is 6.06. The van der Waals surface area contributed by atoms with E-state index in [2.05, 4.69) is 15.5 Å². The van der Waals surface area contributed by atoms with Gasteiger partial charge < -0.3 is 14.5 Å². The molecule has 2 aromatic rings. The highest BCUT2D eigenvalue weighted by atomic mass is 16.5. The van der Waals surface area contributed by atoms with E-state index < -0.39 is 0 Å². The van der Waals surface area contributed by atoms with Gasteiger partial charge in [-0.2, -0.15) is 0 Å². The summed E-state index contributed by atoms with van der Waals surface area (Å²) in [6.07, 6.45) is 2.14. The summed E-state index contributed by atoms with van der Waals surface area (Å²) in [6, 6.07) is 7.21. The molecule has 0 aliphatic rings. The summed E-state index contributed by atoms with van der Waals surface area (Å²) >= 11 is 0. The van der Waals surface area contributed by atoms with Crippen molar-refractivity contribution in [2.45, 2.75) is 13.3 Å². The summed E-state index contributed by atoms with van der Waals surface area (Å²) in [5.41, 5.74) is 0.670. The largest absolute Gasteiger partial charge is 0.483 e. The molecule has 0 atom stereocenters. The van der Waals surface area contributed by atoms with Crippen molar-refractivity contribution in [3.05, 3.63) is 30.7 Å². The van der Waals surface area contributed by atoms with Gasteiger partial charge in [-0.1, -0.05) is 19.1 Å². The summed E-state index contributed by atoms with van der Waals surface area (Å²) in [5, 5.41) is 10.2. The van der Waals surface area contributed by atoms with Crippen LogP contribution >= 0.6 is 0 Å². The van der Waals surface area contributed by atoms with E-state index in [0.29, 0.717) is 23.7 Å². The molecule has 0 aliphatic heterocycles. The molecule has 1 heterocycles. The van der Waals surface area contributed by atoms with E-state index in [0.717, 1.165) is 6.42 Å². The molecule has 1 N–H and O–H groups in total. The van der Waals surface area contributed by atoms with Crippen molar-refractivity contribution in [3.8, 4) is 17.2 Å². The summed E-state index contributed by atoms with van der Waals surface area (Å²) in [5.74, 6) is 0.755. The fourth-order valence-electron chi connectivity index (χ4n) is 1.52. The van der Waals surface area contributed by atoms with Crippen LogP contribution in [0.1, 0.15) is 13.3 Å². The molecule has 0 saturated carbocycles. The van der Waals surface area contributed by atoms with Gasteiger partial charge in [-0.25, -0.2) is 0 Å². The second-order valence-corrected chi connectivity index (χ2v) is 3.88. The lowest BCUT2D eigenvalue weighted by atomic mass is 10.2. The van der Waals surface area contributed by atoms with Crippen LogP contribution in [0.25, 0.3) is 11.5 Å². The van der Waals surface area contributed by atoms with Crippen molar-refractivity contribution >= 4 is 5.91 Å². The van der Waals surface area contributed by atoms with E-state index in [1.165, 1.54) is 6.39 Å². The van der Waals surface area contributed by atoms with Gasteiger partial charge in [0.1, 0.15) is 5.75 Å². The summed E-state index contributed by atoms with van der Waals surface area (Å²) in [4.78, 5) is 11.5. The zero-order chi connectivity index (χ0) is 13.5. The Kier molecular flexibility index (Phi) is 4.49. The maximum Gasteiger partial charge on any atom is 0.257 e. The number of aromatic nitrogens is 2. The number of ether oxygens (including phenoxy) is 1. The average molecular weight is 261 g/mol. The topological polar surface area (TPSA) is 77.2 Å². The second kappa shape index (κ2) is 6.53. The molecule has 1 amide bonds. The quantitative estimate of drug-likeness (QED) is 0.855. The van der Waals surface area contributed by atoms with Crippen LogP contribution in [0.15, 0.2) is 35.1 Å². The van der Waals surface area contributed by atoms with Crippen LogP contribution in [0.2, 0.25) is 0 Å². The number of hydrogen-bond donors (Lipinski definition) is 1. The normalized spacial score (nSPS) is 10.2. The van der Waals surface area contributed by atoms with Crippen LogP contribution in [0, 0.1) is 0 Å². The molecular weight excluding hydrogens is 246 g/mol. The van der Waals surface area contributed by atoms with E-state index in [9.17, 15) is 4.79 Å². The van der Waals surface area contributed by atoms with Crippen LogP contribution in [0.3, 0.4) is 0 Å². The van der Waals surface area contributed by atoms with Gasteiger partial charge in [-0.05, 0) is 18.6 Å². The molecule has 6 heteroatoms. The van der Waals surface area contributed by atoms with E-state index in [1.807, 2.05) is 19.1 Å². The van der Waals surface area contributed by atoms with E-state index in [1.54, 1.807) is 12.1 Å². The van der Waals surface area contributed by atoms with Crippen molar-refractivity contribution in [2.24, 2.45) is 0 Å². The number of rotatable bonds is 6. The maximum absolute atomic E-state index is 11.5. The van der Waals surface area contributed by atoms with Crippen LogP contribution in [0.5, 0.6) is 5.75 Å². The molecule has 1 aromatic carbocycles. The van der Waals surface area contributed by atoms with Crippen LogP contribution in [-0.2, 0) is 4.79 Å². The number of para-hydroxylation sites is 1. The molecule has 0 spiro atoms. The fraction of sp³-hybridized carbons (Fsp3) is 0.308. The van der Waals surface area contributed by atoms with Gasteiger partial charge in [0.25, 0.3) is 11.8 Å². The Labute approximate surface area is 110 Å². The zero-order valence-electron chi connectivity index (χ0n) is 10.6. The molecule has 0 radical (unpaired) electrons. The lowest BCUT2D eigenvalue weighted by Gasteiger charge is -2.09. The highest BCUT2D eigenvalue weighted by Gasteiger charge is 2.11. The van der Waals surface area contributed by atoms with E-state index in [4.69, 9.17) is 9.15 Å². The van der Waals surface area contributed by atoms with Gasteiger partial charge in [0.05, 0.1) is 5.56 Å². The minimum atomic E-state index is -0.151. The number of benzene rings is 1. The molecule has 0 unspecified atom stereocenters. The molecule has 6 nitrogen and oxygen atoms in total. The summed E-state index contributed by atoms with van der Waals surface area (Å²) in [6.45, 7) is 2.60. The van der Waals surface area contributed by atoms with Crippen molar-refractivity contribution in [1.29, 1.82) is 0 Å². The number of hydrogen-bond acceptors (Lipinski definition) is 5. The molecule has 100 valence electrons. The van der Waals surface area contributed by atoms with Crippen molar-refractivity contribution in [2.75, 3.05) is 13.2 Å². The third kappa shape index (κ3) is 3.54. The maximum atomic E-state index is 11.5. The standard InChI is InChI=1S/C13H15N3O3/c1-2-7-14-12(17)8-18-11-6-4-3-5-10(11)13-16-15-9-19-13/h3-6,9H,2,7-8H2,1H3,(H,14,17). The number of carbonyl (C=O) groups is 1. The third-order valence-electron chi connectivity index (χ3n) is 2.41. The van der Waals surface area contributed by atoms with Crippen LogP contribution in [-0.4, -0.2) is 29.3 Å². The number of carbonyl (C=O) groups excluding carboxylic acids is 1. The van der Waals surface area contributed by atoms with Gasteiger partial charge in [0, 0.05) is 6.54 Å². The van der Waals surface area contributed by atoms with Crippen molar-refractivity contribution < 1.29 is 13.9 Å². The van der Waals surface area contributed by atoms with Gasteiger partial charge >= 0.3 is 0 Å². The minimum absolute atomic E-state index is 0.0366. The SMILES string of the molecule is CCCNC(=O)COc1ccccc1-c1nnco1.